The summed E-state index contributed by atoms with van der Waals surface area (Å²) < 4.78 is 59.8. The van der Waals surface area contributed by atoms with E-state index in [1.807, 2.05) is 4.90 Å². The lowest BCUT2D eigenvalue weighted by molar-refractivity contribution is -0.138. The minimum Gasteiger partial charge on any atom is -0.454 e. The minimum atomic E-state index is -4.80. The van der Waals surface area contributed by atoms with Crippen LogP contribution in [0.1, 0.15) is 29.5 Å². The van der Waals surface area contributed by atoms with Crippen molar-refractivity contribution in [1.82, 2.24) is 4.90 Å². The number of rotatable bonds is 3. The molecule has 2 heterocycles. The molecule has 1 N–H and O–H groups in total. The monoisotopic (exact) mass is 491 g/mol. The van der Waals surface area contributed by atoms with Crippen LogP contribution in [0.5, 0.6) is 11.5 Å². The zero-order valence-electron chi connectivity index (χ0n) is 17.5. The van der Waals surface area contributed by atoms with Crippen LogP contribution in [0.4, 0.5) is 17.6 Å². The first kappa shape index (κ1) is 23.8. The van der Waals surface area contributed by atoms with Crippen molar-refractivity contribution in [2.45, 2.75) is 25.1 Å². The second-order valence-electron chi connectivity index (χ2n) is 7.66. The molecule has 0 saturated carbocycles. The first-order chi connectivity index (χ1) is 16.1. The molecule has 6 nitrogen and oxygen atoms in total. The average Bonchev–Trinajstić information content (AvgIpc) is 3.15. The number of nitriles is 1. The van der Waals surface area contributed by atoms with E-state index < -0.39 is 41.1 Å². The number of hydrogen-bond donors (Lipinski definition) is 1. The third-order valence-electron chi connectivity index (χ3n) is 5.16. The number of carbonyl (C=O) groups excluding carboxylic acids is 1. The number of thioether (sulfide) groups is 1. The summed E-state index contributed by atoms with van der Waals surface area (Å²) in [7, 11) is 0. The van der Waals surface area contributed by atoms with Gasteiger partial charge in [-0.05, 0) is 66.6 Å². The number of aliphatic hydroxyl groups is 1. The highest BCUT2D eigenvalue weighted by atomic mass is 32.2. The highest BCUT2D eigenvalue weighted by Crippen LogP contribution is 2.39. The summed E-state index contributed by atoms with van der Waals surface area (Å²) >= 11 is 1.11. The minimum absolute atomic E-state index is 0.207. The van der Waals surface area contributed by atoms with Gasteiger partial charge in [0.15, 0.2) is 16.7 Å². The average molecular weight is 491 g/mol. The molecule has 2 aliphatic rings. The number of likely N-dealkylation sites (tertiary alicyclic amines) is 1. The Labute approximate surface area is 196 Å². The molecule has 176 valence electrons. The quantitative estimate of drug-likeness (QED) is 0.484. The van der Waals surface area contributed by atoms with Gasteiger partial charge in [-0.3, -0.25) is 4.79 Å². The lowest BCUT2D eigenvalue weighted by Gasteiger charge is -2.30. The van der Waals surface area contributed by atoms with Gasteiger partial charge in [0.05, 0.1) is 28.2 Å². The van der Waals surface area contributed by atoms with Crippen molar-refractivity contribution in [1.29, 1.82) is 5.26 Å². The zero-order valence-corrected chi connectivity index (χ0v) is 18.3. The molecule has 0 bridgehead atoms. The van der Waals surface area contributed by atoms with Gasteiger partial charge in [-0.25, -0.2) is 4.39 Å². The summed E-state index contributed by atoms with van der Waals surface area (Å²) in [5.74, 6) is -2.50. The number of amidine groups is 1. The first-order valence-corrected chi connectivity index (χ1v) is 11.0. The molecule has 1 fully saturated rings. The molecule has 2 aromatic carbocycles. The third kappa shape index (κ3) is 5.24. The second-order valence-corrected chi connectivity index (χ2v) is 8.67. The van der Waals surface area contributed by atoms with Crippen LogP contribution < -0.4 is 4.74 Å². The predicted octanol–water partition coefficient (Wildman–Crippen LogP) is 4.94. The van der Waals surface area contributed by atoms with Gasteiger partial charge >= 0.3 is 6.18 Å². The van der Waals surface area contributed by atoms with E-state index in [-0.39, 0.29) is 10.5 Å². The molecule has 0 aromatic heterocycles. The van der Waals surface area contributed by atoms with E-state index >= 15 is 0 Å². The molecular weight excluding hydrogens is 474 g/mol. The van der Waals surface area contributed by atoms with Gasteiger partial charge in [-0.15, -0.1) is 0 Å². The van der Waals surface area contributed by atoms with E-state index in [1.165, 1.54) is 12.1 Å². The number of alkyl halides is 3. The van der Waals surface area contributed by atoms with Crippen LogP contribution in [0.3, 0.4) is 0 Å². The number of piperidine rings is 1. The van der Waals surface area contributed by atoms with Crippen LogP contribution in [0.15, 0.2) is 46.3 Å². The number of ether oxygens (including phenoxy) is 1. The number of amides is 1. The molecule has 2 aromatic rings. The van der Waals surface area contributed by atoms with Crippen molar-refractivity contribution >= 4 is 28.9 Å². The predicted molar refractivity (Wildman–Crippen MR) is 117 cm³/mol. The van der Waals surface area contributed by atoms with Gasteiger partial charge in [-0.1, -0.05) is 6.07 Å². The molecule has 34 heavy (non-hydrogen) atoms. The fourth-order valence-corrected chi connectivity index (χ4v) is 4.48. The van der Waals surface area contributed by atoms with Gasteiger partial charge < -0.3 is 14.7 Å². The maximum atomic E-state index is 14.6. The zero-order chi connectivity index (χ0) is 24.5. The normalized spacial score (nSPS) is 19.8. The number of aliphatic imine (C=N–C) groups is 1. The van der Waals surface area contributed by atoms with Crippen molar-refractivity contribution in [2.24, 2.45) is 4.99 Å². The summed E-state index contributed by atoms with van der Waals surface area (Å²) in [6, 6.07) is 7.96. The fourth-order valence-electron chi connectivity index (χ4n) is 3.53. The topological polar surface area (TPSA) is 85.9 Å². The molecule has 0 spiro atoms. The Morgan fingerprint density at radius 3 is 2.68 bits per heavy atom. The van der Waals surface area contributed by atoms with Crippen LogP contribution >= 0.6 is 11.8 Å². The van der Waals surface area contributed by atoms with Crippen LogP contribution in [0.2, 0.25) is 0 Å². The number of aliphatic hydroxyl groups excluding tert-OH is 1. The number of hydrogen-bond acceptors (Lipinski definition) is 6. The van der Waals surface area contributed by atoms with Crippen molar-refractivity contribution in [2.75, 3.05) is 13.1 Å². The lowest BCUT2D eigenvalue weighted by atomic mass is 10.1. The maximum Gasteiger partial charge on any atom is 0.420 e. The van der Waals surface area contributed by atoms with Gasteiger partial charge in [0.25, 0.3) is 5.91 Å². The maximum absolute atomic E-state index is 14.6. The van der Waals surface area contributed by atoms with Gasteiger partial charge in [0.2, 0.25) is 0 Å². The van der Waals surface area contributed by atoms with Crippen LogP contribution in [0.25, 0.3) is 6.08 Å². The molecule has 1 atom stereocenters. The smallest absolute Gasteiger partial charge is 0.420 e. The number of nitrogens with zero attached hydrogens (tertiary/aromatic N) is 3. The standard InChI is InChI=1S/C23H17F4N3O3S/c24-17-9-13(10-20-21(32)29-22(34-20)30-7-1-2-15(31)12-30)3-6-19(17)33-18-5-4-14(11-28)8-16(18)23(25,26)27/h3-6,8-10,15,31H,1-2,7,12H2/b20-10+. The molecule has 0 radical (unpaired) electrons. The van der Waals surface area contributed by atoms with E-state index in [4.69, 9.17) is 10.00 Å². The van der Waals surface area contributed by atoms with Crippen molar-refractivity contribution in [3.05, 3.63) is 63.8 Å². The fraction of sp³-hybridized carbons (Fsp3) is 0.261. The highest BCUT2D eigenvalue weighted by molar-refractivity contribution is 8.18. The van der Waals surface area contributed by atoms with E-state index in [9.17, 15) is 27.5 Å². The Kier molecular flexibility index (Phi) is 6.63. The van der Waals surface area contributed by atoms with E-state index in [0.29, 0.717) is 36.3 Å². The molecule has 1 amide bonds. The third-order valence-corrected chi connectivity index (χ3v) is 6.21. The second kappa shape index (κ2) is 9.48. The van der Waals surface area contributed by atoms with Crippen molar-refractivity contribution in [3.63, 3.8) is 0 Å². The highest BCUT2D eigenvalue weighted by Gasteiger charge is 2.35. The SMILES string of the molecule is N#Cc1ccc(Oc2ccc(/C=C3/SC(N4CCCC(O)C4)=NC3=O)cc2F)c(C(F)(F)F)c1. The molecular formula is C23H17F4N3O3S. The molecule has 0 aliphatic carbocycles. The van der Waals surface area contributed by atoms with Crippen LogP contribution in [0, 0.1) is 17.1 Å². The van der Waals surface area contributed by atoms with Gasteiger partial charge in [0, 0.05) is 13.1 Å². The summed E-state index contributed by atoms with van der Waals surface area (Å²) in [6.45, 7) is 1.04. The Balaban J connectivity index is 1.52. The molecule has 2 aliphatic heterocycles. The molecule has 1 unspecified atom stereocenters. The number of carbonyl (C=O) groups is 1. The summed E-state index contributed by atoms with van der Waals surface area (Å²) in [5.41, 5.74) is -1.11. The number of benzene rings is 2. The lowest BCUT2D eigenvalue weighted by Crippen LogP contribution is -2.40. The Morgan fingerprint density at radius 2 is 2.00 bits per heavy atom. The van der Waals surface area contributed by atoms with Crippen LogP contribution in [-0.2, 0) is 11.0 Å². The van der Waals surface area contributed by atoms with Crippen LogP contribution in [-0.4, -0.2) is 40.3 Å². The number of β-amino-alcohol motifs (C(OH)–C–C–N with tert-alkyl or cyclic N) is 1. The Morgan fingerprint density at radius 1 is 1.24 bits per heavy atom. The largest absolute Gasteiger partial charge is 0.454 e. The van der Waals surface area contributed by atoms with Crippen molar-refractivity contribution < 1.29 is 32.2 Å². The van der Waals surface area contributed by atoms with Gasteiger partial charge in [0.1, 0.15) is 5.75 Å². The van der Waals surface area contributed by atoms with E-state index in [2.05, 4.69) is 4.99 Å². The Bertz CT molecular complexity index is 1240. The van der Waals surface area contributed by atoms with Gasteiger partial charge in [-0.2, -0.15) is 23.4 Å². The molecule has 1 saturated heterocycles. The van der Waals surface area contributed by atoms with Crippen molar-refractivity contribution in [3.8, 4) is 17.6 Å². The summed E-state index contributed by atoms with van der Waals surface area (Å²) in [4.78, 5) is 18.4. The first-order valence-electron chi connectivity index (χ1n) is 10.2. The summed E-state index contributed by atoms with van der Waals surface area (Å²) in [6.07, 6.45) is -2.40. The summed E-state index contributed by atoms with van der Waals surface area (Å²) in [5, 5.41) is 19.1. The number of halogens is 4. The molecule has 4 rings (SSSR count). The molecule has 11 heteroatoms. The van der Waals surface area contributed by atoms with E-state index in [0.717, 1.165) is 42.4 Å². The van der Waals surface area contributed by atoms with E-state index in [1.54, 1.807) is 6.07 Å². The Hall–Kier alpha value is -3.36.